The minimum Gasteiger partial charge on any atom is -0.507 e. The predicted octanol–water partition coefficient (Wildman–Crippen LogP) is 1.74. The number of hydrogen-bond acceptors (Lipinski definition) is 5. The van der Waals surface area contributed by atoms with E-state index in [4.69, 9.17) is 9.94 Å². The van der Waals surface area contributed by atoms with Gasteiger partial charge >= 0.3 is 0 Å². The maximum absolute atomic E-state index is 9.68. The lowest BCUT2D eigenvalue weighted by molar-refractivity contribution is 0.104. The van der Waals surface area contributed by atoms with Gasteiger partial charge < -0.3 is 20.2 Å². The Kier molecular flexibility index (Phi) is 4.78. The van der Waals surface area contributed by atoms with Crippen molar-refractivity contribution in [3.8, 4) is 11.5 Å². The zero-order valence-electron chi connectivity index (χ0n) is 9.92. The summed E-state index contributed by atoms with van der Waals surface area (Å²) in [4.78, 5) is 0. The van der Waals surface area contributed by atoms with Crippen molar-refractivity contribution in [2.75, 3.05) is 6.61 Å². The summed E-state index contributed by atoms with van der Waals surface area (Å²) in [5.41, 5.74) is 0.763. The third-order valence-corrected chi connectivity index (χ3v) is 2.42. The van der Waals surface area contributed by atoms with Crippen LogP contribution in [0.5, 0.6) is 11.5 Å². The second-order valence-corrected chi connectivity index (χ2v) is 3.74. The van der Waals surface area contributed by atoms with Gasteiger partial charge in [0.15, 0.2) is 0 Å². The molecule has 1 aromatic carbocycles. The van der Waals surface area contributed by atoms with Crippen LogP contribution in [0.4, 0.5) is 0 Å². The third kappa shape index (κ3) is 3.64. The molecule has 0 bridgehead atoms. The quantitative estimate of drug-likeness (QED) is 0.415. The molecule has 94 valence electrons. The number of nitrogens with zero attached hydrogens (tertiary/aromatic N) is 1. The number of phenolic OH excluding ortho intramolecular Hbond substituents is 1. The van der Waals surface area contributed by atoms with Crippen molar-refractivity contribution in [3.05, 3.63) is 23.8 Å². The molecule has 1 atom stereocenters. The molecule has 0 aromatic heterocycles. The molecule has 0 radical (unpaired) electrons. The van der Waals surface area contributed by atoms with Crippen molar-refractivity contribution in [3.63, 3.8) is 0 Å². The fraction of sp³-hybridized carbons (Fsp3) is 0.417. The Bertz CT molecular complexity index is 403. The van der Waals surface area contributed by atoms with Crippen LogP contribution in [-0.2, 0) is 0 Å². The molecule has 0 aliphatic rings. The Balaban J connectivity index is 2.75. The minimum absolute atomic E-state index is 0.0243. The predicted molar refractivity (Wildman–Crippen MR) is 63.9 cm³/mol. The van der Waals surface area contributed by atoms with Crippen molar-refractivity contribution in [1.82, 2.24) is 0 Å². The van der Waals surface area contributed by atoms with Crippen LogP contribution < -0.4 is 4.74 Å². The van der Waals surface area contributed by atoms with Gasteiger partial charge in [-0.05, 0) is 25.5 Å². The second-order valence-electron chi connectivity index (χ2n) is 3.74. The molecule has 0 amide bonds. The van der Waals surface area contributed by atoms with Crippen LogP contribution in [0.25, 0.3) is 0 Å². The molecule has 0 aliphatic heterocycles. The highest BCUT2D eigenvalue weighted by molar-refractivity contribution is 6.00. The largest absolute Gasteiger partial charge is 0.507 e. The number of aliphatic hydroxyl groups excluding tert-OH is 1. The Morgan fingerprint density at radius 1 is 1.47 bits per heavy atom. The van der Waals surface area contributed by atoms with E-state index in [1.165, 1.54) is 6.07 Å². The number of rotatable bonds is 5. The van der Waals surface area contributed by atoms with Gasteiger partial charge in [0.05, 0.1) is 11.8 Å². The van der Waals surface area contributed by atoms with E-state index in [-0.39, 0.29) is 12.4 Å². The Morgan fingerprint density at radius 3 is 2.71 bits per heavy atom. The normalized spacial score (nSPS) is 13.5. The summed E-state index contributed by atoms with van der Waals surface area (Å²) in [5.74, 6) is 0.438. The van der Waals surface area contributed by atoms with Crippen LogP contribution in [0, 0.1) is 0 Å². The molecule has 0 heterocycles. The molecule has 5 nitrogen and oxygen atoms in total. The Labute approximate surface area is 100.0 Å². The Morgan fingerprint density at radius 2 is 2.18 bits per heavy atom. The Hall–Kier alpha value is -1.75. The molecule has 0 fully saturated rings. The molecular formula is C12H17NO4. The summed E-state index contributed by atoms with van der Waals surface area (Å²) in [6, 6.07) is 4.66. The number of aromatic hydroxyl groups is 1. The summed E-state index contributed by atoms with van der Waals surface area (Å²) >= 11 is 0. The summed E-state index contributed by atoms with van der Waals surface area (Å²) in [7, 11) is 0. The van der Waals surface area contributed by atoms with Gasteiger partial charge in [-0.1, -0.05) is 12.1 Å². The smallest absolute Gasteiger partial charge is 0.128 e. The maximum Gasteiger partial charge on any atom is 0.128 e. The van der Waals surface area contributed by atoms with E-state index >= 15 is 0 Å². The van der Waals surface area contributed by atoms with Crippen LogP contribution in [-0.4, -0.2) is 33.8 Å². The molecule has 5 heteroatoms. The lowest BCUT2D eigenvalue weighted by Crippen LogP contribution is -2.16. The van der Waals surface area contributed by atoms with Gasteiger partial charge in [0, 0.05) is 11.6 Å². The van der Waals surface area contributed by atoms with Crippen LogP contribution >= 0.6 is 0 Å². The first-order valence-electron chi connectivity index (χ1n) is 5.41. The summed E-state index contributed by atoms with van der Waals surface area (Å²) in [5, 5.41) is 30.6. The zero-order chi connectivity index (χ0) is 12.8. The van der Waals surface area contributed by atoms with Gasteiger partial charge in [-0.3, -0.25) is 0 Å². The van der Waals surface area contributed by atoms with Gasteiger partial charge in [0.2, 0.25) is 0 Å². The van der Waals surface area contributed by atoms with Crippen LogP contribution in [0.15, 0.2) is 23.4 Å². The standard InChI is InChI=1S/C12H17NO4/c1-3-9(14)7-17-10-4-5-11(8(2)13-16)12(15)6-10/h4-6,9,14-16H,3,7H2,1-2H3. The first-order valence-corrected chi connectivity index (χ1v) is 5.41. The fourth-order valence-electron chi connectivity index (χ4n) is 1.27. The van der Waals surface area contributed by atoms with Crippen molar-refractivity contribution in [1.29, 1.82) is 0 Å². The second kappa shape index (κ2) is 6.10. The fourth-order valence-corrected chi connectivity index (χ4v) is 1.27. The van der Waals surface area contributed by atoms with Gasteiger partial charge in [0.25, 0.3) is 0 Å². The molecule has 1 rings (SSSR count). The summed E-state index contributed by atoms with van der Waals surface area (Å²) in [6.07, 6.45) is 0.0953. The number of aliphatic hydroxyl groups is 1. The van der Waals surface area contributed by atoms with Gasteiger partial charge in [-0.15, -0.1) is 0 Å². The van der Waals surface area contributed by atoms with Gasteiger partial charge in [-0.2, -0.15) is 0 Å². The number of ether oxygens (including phenoxy) is 1. The highest BCUT2D eigenvalue weighted by Crippen LogP contribution is 2.24. The monoisotopic (exact) mass is 239 g/mol. The first kappa shape index (κ1) is 13.3. The van der Waals surface area contributed by atoms with Gasteiger partial charge in [-0.25, -0.2) is 0 Å². The van der Waals surface area contributed by atoms with E-state index in [0.717, 1.165) is 0 Å². The van der Waals surface area contributed by atoms with E-state index in [0.29, 0.717) is 23.4 Å². The maximum atomic E-state index is 9.68. The molecule has 3 N–H and O–H groups in total. The average molecular weight is 239 g/mol. The van der Waals surface area contributed by atoms with E-state index in [1.807, 2.05) is 6.92 Å². The van der Waals surface area contributed by atoms with E-state index in [9.17, 15) is 10.2 Å². The topological polar surface area (TPSA) is 82.3 Å². The summed E-state index contributed by atoms with van der Waals surface area (Å²) in [6.45, 7) is 3.62. The number of oxime groups is 1. The number of hydrogen-bond donors (Lipinski definition) is 3. The molecule has 0 aliphatic carbocycles. The minimum atomic E-state index is -0.516. The van der Waals surface area contributed by atoms with Crippen molar-refractivity contribution in [2.24, 2.45) is 5.16 Å². The molecule has 1 aromatic rings. The van der Waals surface area contributed by atoms with Crippen molar-refractivity contribution < 1.29 is 20.2 Å². The molecule has 0 saturated carbocycles. The molecule has 0 saturated heterocycles. The van der Waals surface area contributed by atoms with E-state index in [1.54, 1.807) is 19.1 Å². The third-order valence-electron chi connectivity index (χ3n) is 2.42. The van der Waals surface area contributed by atoms with Crippen molar-refractivity contribution >= 4 is 5.71 Å². The van der Waals surface area contributed by atoms with Crippen LogP contribution in [0.3, 0.4) is 0 Å². The van der Waals surface area contributed by atoms with Gasteiger partial charge in [0.1, 0.15) is 18.1 Å². The highest BCUT2D eigenvalue weighted by Gasteiger charge is 2.08. The van der Waals surface area contributed by atoms with Crippen LogP contribution in [0.2, 0.25) is 0 Å². The molecular weight excluding hydrogens is 222 g/mol. The molecule has 0 spiro atoms. The van der Waals surface area contributed by atoms with Crippen molar-refractivity contribution in [2.45, 2.75) is 26.4 Å². The SMILES string of the molecule is CCC(O)COc1ccc(C(C)=NO)c(O)c1. The van der Waals surface area contributed by atoms with Crippen LogP contribution in [0.1, 0.15) is 25.8 Å². The number of phenols is 1. The number of benzene rings is 1. The lowest BCUT2D eigenvalue weighted by Gasteiger charge is -2.11. The lowest BCUT2D eigenvalue weighted by atomic mass is 10.1. The average Bonchev–Trinajstić information content (AvgIpc) is 2.35. The van der Waals surface area contributed by atoms with E-state index in [2.05, 4.69) is 5.16 Å². The van der Waals surface area contributed by atoms with E-state index < -0.39 is 6.10 Å². The highest BCUT2D eigenvalue weighted by atomic mass is 16.5. The first-order chi connectivity index (χ1) is 8.08. The molecule has 17 heavy (non-hydrogen) atoms. The zero-order valence-corrected chi connectivity index (χ0v) is 9.92. The summed E-state index contributed by atoms with van der Waals surface area (Å²) < 4.78 is 5.30. The molecule has 1 unspecified atom stereocenters.